The molecule has 0 unspecified atom stereocenters. The average molecular weight is 326 g/mol. The molecule has 2 rings (SSSR count). The fraction of sp³-hybridized carbons (Fsp3) is 0.200. The van der Waals surface area contributed by atoms with Gasteiger partial charge in [0.05, 0.1) is 17.5 Å². The number of rotatable bonds is 2. The van der Waals surface area contributed by atoms with Gasteiger partial charge in [-0.15, -0.1) is 0 Å². The summed E-state index contributed by atoms with van der Waals surface area (Å²) in [7, 11) is 1.17. The molecule has 2 aromatic heterocycles. The van der Waals surface area contributed by atoms with Crippen LogP contribution >= 0.6 is 10.7 Å². The summed E-state index contributed by atoms with van der Waals surface area (Å²) in [6, 6.07) is 1.57. The van der Waals surface area contributed by atoms with Crippen LogP contribution in [0.1, 0.15) is 11.3 Å². The number of hydrogen-bond donors (Lipinski definition) is 0. The Morgan fingerprint density at radius 3 is 2.50 bits per heavy atom. The summed E-state index contributed by atoms with van der Waals surface area (Å²) in [4.78, 5) is 3.44. The smallest absolute Gasteiger partial charge is 0.237 e. The second kappa shape index (κ2) is 4.74. The highest BCUT2D eigenvalue weighted by molar-refractivity contribution is 8.13. The fourth-order valence-corrected chi connectivity index (χ4v) is 2.59. The molecule has 0 aromatic carbocycles. The van der Waals surface area contributed by atoms with E-state index in [9.17, 15) is 21.6 Å². The number of pyridine rings is 1. The first-order valence-electron chi connectivity index (χ1n) is 5.13. The van der Waals surface area contributed by atoms with Gasteiger partial charge in [-0.2, -0.15) is 18.3 Å². The second-order valence-electron chi connectivity index (χ2n) is 3.86. The Labute approximate surface area is 116 Å². The van der Waals surface area contributed by atoms with Crippen molar-refractivity contribution in [2.75, 3.05) is 0 Å². The van der Waals surface area contributed by atoms with Gasteiger partial charge in [0.25, 0.3) is 9.05 Å². The summed E-state index contributed by atoms with van der Waals surface area (Å²) in [6.45, 7) is 1.37. The molecular weight excluding hydrogens is 319 g/mol. The van der Waals surface area contributed by atoms with E-state index in [4.69, 9.17) is 10.7 Å². The molecule has 0 saturated carbocycles. The topological polar surface area (TPSA) is 64.8 Å². The van der Waals surface area contributed by atoms with Gasteiger partial charge in [0.1, 0.15) is 4.90 Å². The predicted octanol–water partition coefficient (Wildman–Crippen LogP) is 2.52. The maximum atomic E-state index is 12.6. The van der Waals surface area contributed by atoms with Crippen molar-refractivity contribution in [1.29, 1.82) is 0 Å². The lowest BCUT2D eigenvalue weighted by Gasteiger charge is -2.07. The maximum absolute atomic E-state index is 12.6. The lowest BCUT2D eigenvalue weighted by molar-refractivity contribution is -0.137. The Kier molecular flexibility index (Phi) is 3.51. The molecule has 0 aliphatic heterocycles. The lowest BCUT2D eigenvalue weighted by atomic mass is 10.2. The summed E-state index contributed by atoms with van der Waals surface area (Å²) < 4.78 is 61.2. The van der Waals surface area contributed by atoms with Crippen molar-refractivity contribution in [1.82, 2.24) is 14.8 Å². The third-order valence-electron chi connectivity index (χ3n) is 2.42. The van der Waals surface area contributed by atoms with Crippen LogP contribution in [0, 0.1) is 6.92 Å². The van der Waals surface area contributed by atoms with Crippen LogP contribution in [-0.2, 0) is 15.2 Å². The van der Waals surface area contributed by atoms with E-state index in [0.717, 1.165) is 29.2 Å². The van der Waals surface area contributed by atoms with E-state index in [2.05, 4.69) is 10.1 Å². The molecule has 0 aliphatic rings. The van der Waals surface area contributed by atoms with Crippen LogP contribution in [0.15, 0.2) is 29.4 Å². The zero-order valence-electron chi connectivity index (χ0n) is 9.89. The van der Waals surface area contributed by atoms with Gasteiger partial charge in [0.2, 0.25) is 0 Å². The summed E-state index contributed by atoms with van der Waals surface area (Å²) in [6.07, 6.45) is -2.55. The molecule has 2 aromatic rings. The van der Waals surface area contributed by atoms with Crippen molar-refractivity contribution in [3.63, 3.8) is 0 Å². The van der Waals surface area contributed by atoms with E-state index in [1.165, 1.54) is 6.92 Å². The predicted molar refractivity (Wildman–Crippen MR) is 64.1 cm³/mol. The van der Waals surface area contributed by atoms with Gasteiger partial charge in [-0.1, -0.05) is 0 Å². The summed E-state index contributed by atoms with van der Waals surface area (Å²) >= 11 is 0. The Hall–Kier alpha value is -1.61. The zero-order valence-corrected chi connectivity index (χ0v) is 11.5. The molecule has 0 aliphatic carbocycles. The standard InChI is InChI=1S/C10H7ClF3N3O2S/c1-6-8(20(11,18)19)5-17(16-6)9-4-7(2-3-15-9)10(12,13)14/h2-5H,1H3. The van der Waals surface area contributed by atoms with Gasteiger partial charge >= 0.3 is 6.18 Å². The summed E-state index contributed by atoms with van der Waals surface area (Å²) in [5.74, 6) is -0.158. The van der Waals surface area contributed by atoms with Crippen LogP contribution in [0.5, 0.6) is 0 Å². The first-order valence-corrected chi connectivity index (χ1v) is 7.44. The Balaban J connectivity index is 2.54. The Morgan fingerprint density at radius 1 is 1.35 bits per heavy atom. The lowest BCUT2D eigenvalue weighted by Crippen LogP contribution is -2.07. The van der Waals surface area contributed by atoms with Gasteiger partial charge in [0, 0.05) is 16.9 Å². The molecule has 10 heteroatoms. The minimum Gasteiger partial charge on any atom is -0.237 e. The average Bonchev–Trinajstić information content (AvgIpc) is 2.70. The molecule has 0 spiro atoms. The molecule has 0 saturated heterocycles. The molecule has 0 N–H and O–H groups in total. The number of alkyl halides is 3. The minimum absolute atomic E-state index is 0.0687. The quantitative estimate of drug-likeness (QED) is 0.796. The van der Waals surface area contributed by atoms with E-state index in [-0.39, 0.29) is 16.4 Å². The molecule has 0 atom stereocenters. The maximum Gasteiger partial charge on any atom is 0.416 e. The van der Waals surface area contributed by atoms with Crippen molar-refractivity contribution in [2.24, 2.45) is 0 Å². The molecule has 0 fully saturated rings. The summed E-state index contributed by atoms with van der Waals surface area (Å²) in [5, 5.41) is 3.79. The van der Waals surface area contributed by atoms with Crippen molar-refractivity contribution in [3.8, 4) is 5.82 Å². The van der Waals surface area contributed by atoms with Crippen LogP contribution in [0.3, 0.4) is 0 Å². The third kappa shape index (κ3) is 2.93. The molecular formula is C10H7ClF3N3O2S. The van der Waals surface area contributed by atoms with Crippen LogP contribution < -0.4 is 0 Å². The number of aromatic nitrogens is 3. The zero-order chi connectivity index (χ0) is 15.1. The van der Waals surface area contributed by atoms with Gasteiger partial charge in [-0.3, -0.25) is 0 Å². The van der Waals surface area contributed by atoms with Crippen LogP contribution in [0.2, 0.25) is 0 Å². The minimum atomic E-state index is -4.53. The van der Waals surface area contributed by atoms with Crippen LogP contribution in [0.25, 0.3) is 5.82 Å². The normalized spacial score (nSPS) is 12.7. The number of halogens is 4. The SMILES string of the molecule is Cc1nn(-c2cc(C(F)(F)F)ccn2)cc1S(=O)(=O)Cl. The highest BCUT2D eigenvalue weighted by Crippen LogP contribution is 2.30. The van der Waals surface area contributed by atoms with Crippen molar-refractivity contribution >= 4 is 19.7 Å². The van der Waals surface area contributed by atoms with E-state index in [0.29, 0.717) is 0 Å². The van der Waals surface area contributed by atoms with E-state index >= 15 is 0 Å². The van der Waals surface area contributed by atoms with Gasteiger partial charge in [0.15, 0.2) is 5.82 Å². The largest absolute Gasteiger partial charge is 0.416 e. The van der Waals surface area contributed by atoms with Gasteiger partial charge in [-0.05, 0) is 19.1 Å². The van der Waals surface area contributed by atoms with Gasteiger partial charge < -0.3 is 0 Å². The molecule has 108 valence electrons. The van der Waals surface area contributed by atoms with Crippen molar-refractivity contribution in [3.05, 3.63) is 35.8 Å². The Bertz CT molecular complexity index is 755. The second-order valence-corrected chi connectivity index (χ2v) is 6.40. The van der Waals surface area contributed by atoms with Crippen LogP contribution in [-0.4, -0.2) is 23.2 Å². The monoisotopic (exact) mass is 325 g/mol. The first-order chi connectivity index (χ1) is 9.09. The molecule has 0 amide bonds. The van der Waals surface area contributed by atoms with Crippen LogP contribution in [0.4, 0.5) is 13.2 Å². The van der Waals surface area contributed by atoms with E-state index < -0.39 is 20.8 Å². The van der Waals surface area contributed by atoms with Crippen molar-refractivity contribution < 1.29 is 21.6 Å². The number of hydrogen-bond acceptors (Lipinski definition) is 4. The van der Waals surface area contributed by atoms with Gasteiger partial charge in [-0.25, -0.2) is 18.1 Å². The summed E-state index contributed by atoms with van der Waals surface area (Å²) in [5.41, 5.74) is -0.842. The molecule has 0 radical (unpaired) electrons. The molecule has 5 nitrogen and oxygen atoms in total. The molecule has 2 heterocycles. The third-order valence-corrected chi connectivity index (χ3v) is 3.85. The van der Waals surface area contributed by atoms with Crippen molar-refractivity contribution in [2.45, 2.75) is 18.0 Å². The highest BCUT2D eigenvalue weighted by atomic mass is 35.7. The Morgan fingerprint density at radius 2 is 2.00 bits per heavy atom. The first kappa shape index (κ1) is 14.8. The molecule has 20 heavy (non-hydrogen) atoms. The number of aryl methyl sites for hydroxylation is 1. The van der Waals surface area contributed by atoms with E-state index in [1.807, 2.05) is 0 Å². The molecule has 0 bridgehead atoms. The number of nitrogens with zero attached hydrogens (tertiary/aromatic N) is 3. The highest BCUT2D eigenvalue weighted by Gasteiger charge is 2.31. The fourth-order valence-electron chi connectivity index (χ4n) is 1.52. The van der Waals surface area contributed by atoms with E-state index in [1.54, 1.807) is 0 Å².